The van der Waals surface area contributed by atoms with Gasteiger partial charge in [0.25, 0.3) is 19.1 Å². The molecule has 0 fully saturated rings. The summed E-state index contributed by atoms with van der Waals surface area (Å²) in [5.74, 6) is -0.121. The Morgan fingerprint density at radius 2 is 1.03 bits per heavy atom. The summed E-state index contributed by atoms with van der Waals surface area (Å²) in [5, 5.41) is 1.97. The maximum absolute atomic E-state index is 14.0. The van der Waals surface area contributed by atoms with E-state index < -0.39 is 35.6 Å². The fraction of sp³-hybridized carbons (Fsp3) is 0.0698. The van der Waals surface area contributed by atoms with Gasteiger partial charge in [0.2, 0.25) is 0 Å². The van der Waals surface area contributed by atoms with Crippen LogP contribution in [0.1, 0.15) is 11.1 Å². The quantitative estimate of drug-likeness (QED) is 0.114. The van der Waals surface area contributed by atoms with Gasteiger partial charge >= 0.3 is 0 Å². The minimum Gasteiger partial charge on any atom is -0.488 e. The number of benzene rings is 6. The number of nitrogens with one attached hydrogen (secondary N) is 1. The Hall–Kier alpha value is -5.37. The fourth-order valence-electron chi connectivity index (χ4n) is 5.51. The lowest BCUT2D eigenvalue weighted by atomic mass is 10.2. The highest BCUT2D eigenvalue weighted by Crippen LogP contribution is 2.31. The molecule has 0 aliphatic heterocycles. The van der Waals surface area contributed by atoms with Gasteiger partial charge in [-0.15, -0.1) is 23.2 Å². The number of rotatable bonds is 9. The van der Waals surface area contributed by atoms with Crippen molar-refractivity contribution in [1.82, 2.24) is 8.96 Å². The number of halogens is 5. The molecule has 0 aliphatic carbocycles. The molecule has 0 aliphatic rings. The summed E-state index contributed by atoms with van der Waals surface area (Å²) in [6, 6.07) is 45.1. The van der Waals surface area contributed by atoms with E-state index in [1.54, 1.807) is 24.3 Å². The molecule has 0 atom stereocenters. The molecule has 8 rings (SSSR count). The van der Waals surface area contributed by atoms with Crippen molar-refractivity contribution in [1.29, 1.82) is 0 Å². The Morgan fingerprint density at radius 3 is 1.55 bits per heavy atom. The highest BCUT2D eigenvalue weighted by Gasteiger charge is 2.23. The molecule has 0 bridgehead atoms. The molecule has 0 unspecified atom stereocenters. The van der Waals surface area contributed by atoms with Crippen molar-refractivity contribution in [2.45, 2.75) is 23.0 Å². The maximum atomic E-state index is 14.0. The van der Waals surface area contributed by atoms with Gasteiger partial charge in [-0.25, -0.2) is 29.6 Å². The molecule has 2 aromatic heterocycles. The minimum atomic E-state index is -4.05. The molecule has 15 heteroatoms. The summed E-state index contributed by atoms with van der Waals surface area (Å²) >= 11 is 9.53. The maximum Gasteiger partial charge on any atom is 0.271 e. The van der Waals surface area contributed by atoms with E-state index in [0.29, 0.717) is 29.9 Å². The van der Waals surface area contributed by atoms with Gasteiger partial charge in [0.05, 0.1) is 10.9 Å². The third-order valence-electron chi connectivity index (χ3n) is 8.16. The van der Waals surface area contributed by atoms with Crippen LogP contribution in [0.3, 0.4) is 0 Å². The van der Waals surface area contributed by atoms with Crippen molar-refractivity contribution in [3.8, 4) is 11.5 Å². The second-order valence-electron chi connectivity index (χ2n) is 11.9. The molecular formula is C43H35Cl3F2N2O6S2. The lowest BCUT2D eigenvalue weighted by Crippen LogP contribution is -2.13. The van der Waals surface area contributed by atoms with E-state index in [1.807, 2.05) is 79.0 Å². The van der Waals surface area contributed by atoms with Crippen LogP contribution in [0.5, 0.6) is 11.5 Å². The number of hydrogen-bond acceptors (Lipinski definition) is 6. The molecular weight excluding hydrogens is 849 g/mol. The van der Waals surface area contributed by atoms with E-state index in [2.05, 4.69) is 17.1 Å². The second-order valence-corrected chi connectivity index (χ2v) is 17.1. The number of aromatic nitrogens is 2. The lowest BCUT2D eigenvalue weighted by molar-refractivity contribution is 0.310. The molecule has 58 heavy (non-hydrogen) atoms. The fourth-order valence-corrected chi connectivity index (χ4v) is 7.84. The first-order valence-electron chi connectivity index (χ1n) is 17.2. The van der Waals surface area contributed by atoms with E-state index in [-0.39, 0.29) is 10.2 Å². The molecule has 8 nitrogen and oxygen atoms in total. The minimum absolute atomic E-state index is 0.194. The average Bonchev–Trinajstić information content (AvgIpc) is 3.90. The first kappa shape index (κ1) is 43.7. The third-order valence-corrected chi connectivity index (χ3v) is 11.2. The van der Waals surface area contributed by atoms with Gasteiger partial charge in [0.1, 0.15) is 46.1 Å². The van der Waals surface area contributed by atoms with Crippen molar-refractivity contribution < 1.29 is 35.1 Å². The third kappa shape index (κ3) is 11.6. The summed E-state index contributed by atoms with van der Waals surface area (Å²) < 4.78 is 86.4. The van der Waals surface area contributed by atoms with Crippen LogP contribution in [-0.2, 0) is 32.3 Å². The van der Waals surface area contributed by atoms with E-state index in [4.69, 9.17) is 43.4 Å². The first-order valence-corrected chi connectivity index (χ1v) is 22.1. The van der Waals surface area contributed by atoms with Gasteiger partial charge in [-0.05, 0) is 71.8 Å². The molecule has 2 heterocycles. The molecule has 8 aromatic rings. The largest absolute Gasteiger partial charge is 0.488 e. The molecule has 0 saturated heterocycles. The summed E-state index contributed by atoms with van der Waals surface area (Å²) in [6.45, 7) is 0.969. The highest BCUT2D eigenvalue weighted by molar-refractivity contribution is 8.13. The predicted octanol–water partition coefficient (Wildman–Crippen LogP) is 11.5. The SMILES string of the molecule is ClCCl.O=S(=O)(Cl)c1ccccc1F.O=S(=O)(c1ccccc1F)n1ccc2c(OCc3ccccc3)cccc21.c1ccc(COc2cccc3[nH]ccc23)cc1. The van der Waals surface area contributed by atoms with Crippen molar-refractivity contribution >= 4 is 74.8 Å². The molecule has 0 amide bonds. The highest BCUT2D eigenvalue weighted by atomic mass is 35.7. The molecule has 6 aromatic carbocycles. The van der Waals surface area contributed by atoms with E-state index in [0.717, 1.165) is 44.4 Å². The molecule has 300 valence electrons. The van der Waals surface area contributed by atoms with Crippen molar-refractivity contribution in [2.75, 3.05) is 5.34 Å². The van der Waals surface area contributed by atoms with Crippen LogP contribution in [0.15, 0.2) is 180 Å². The van der Waals surface area contributed by atoms with Crippen molar-refractivity contribution in [3.05, 3.63) is 193 Å². The van der Waals surface area contributed by atoms with Gasteiger partial charge in [-0.3, -0.25) is 0 Å². The Morgan fingerprint density at radius 1 is 0.552 bits per heavy atom. The monoisotopic (exact) mass is 882 g/mol. The number of H-pyrrole nitrogens is 1. The van der Waals surface area contributed by atoms with E-state index >= 15 is 0 Å². The van der Waals surface area contributed by atoms with Gasteiger partial charge in [-0.2, -0.15) is 0 Å². The topological polar surface area (TPSA) is 107 Å². The van der Waals surface area contributed by atoms with E-state index in [9.17, 15) is 25.6 Å². The summed E-state index contributed by atoms with van der Waals surface area (Å²) in [6.07, 6.45) is 3.35. The number of aromatic amines is 1. The second kappa shape index (κ2) is 20.9. The van der Waals surface area contributed by atoms with Crippen LogP contribution in [0.4, 0.5) is 8.78 Å². The molecule has 0 spiro atoms. The lowest BCUT2D eigenvalue weighted by Gasteiger charge is -2.10. The Bertz CT molecular complexity index is 2770. The van der Waals surface area contributed by atoms with Gasteiger partial charge in [-0.1, -0.05) is 97.1 Å². The first-order chi connectivity index (χ1) is 27.9. The molecule has 0 saturated carbocycles. The normalized spacial score (nSPS) is 11.0. The smallest absolute Gasteiger partial charge is 0.271 e. The zero-order valence-electron chi connectivity index (χ0n) is 30.4. The van der Waals surface area contributed by atoms with Gasteiger partial charge in [0, 0.05) is 39.4 Å². The Labute approximate surface area is 349 Å². The standard InChI is InChI=1S/C21H16FNO3S.C15H13NO.C6H4ClFO2S.CH2Cl2/c22-18-9-4-5-12-21(18)27(24,25)23-14-13-17-19(23)10-6-11-20(17)26-15-16-7-2-1-3-8-16;1-2-5-12(6-3-1)11-17-15-8-4-7-14-13(15)9-10-16-14;7-11(9,10)6-4-2-1-3-5(6)8;2-1-3/h1-14H,15H2;1-10,16H,11H2;1-4H;1H2. The van der Waals surface area contributed by atoms with E-state index in [1.165, 1.54) is 42.1 Å². The molecule has 1 N–H and O–H groups in total. The Balaban J connectivity index is 0.000000176. The summed E-state index contributed by atoms with van der Waals surface area (Å²) in [5.41, 5.74) is 3.73. The number of alkyl halides is 2. The zero-order chi connectivity index (χ0) is 41.5. The number of ether oxygens (including phenoxy) is 2. The summed E-state index contributed by atoms with van der Waals surface area (Å²) in [4.78, 5) is 2.33. The van der Waals surface area contributed by atoms with Crippen LogP contribution in [0, 0.1) is 11.6 Å². The van der Waals surface area contributed by atoms with Crippen LogP contribution in [0.2, 0.25) is 0 Å². The Kier molecular flexibility index (Phi) is 15.7. The average molecular weight is 884 g/mol. The van der Waals surface area contributed by atoms with Crippen LogP contribution >= 0.6 is 33.9 Å². The number of nitrogens with zero attached hydrogens (tertiary/aromatic N) is 1. The zero-order valence-corrected chi connectivity index (χ0v) is 34.3. The number of fused-ring (bicyclic) bond motifs is 2. The van der Waals surface area contributed by atoms with Gasteiger partial charge < -0.3 is 14.5 Å². The van der Waals surface area contributed by atoms with Crippen LogP contribution in [-0.4, -0.2) is 31.1 Å². The van der Waals surface area contributed by atoms with Crippen molar-refractivity contribution in [3.63, 3.8) is 0 Å². The van der Waals surface area contributed by atoms with Crippen LogP contribution < -0.4 is 9.47 Å². The predicted molar refractivity (Wildman–Crippen MR) is 227 cm³/mol. The number of hydrogen-bond donors (Lipinski definition) is 1. The summed E-state index contributed by atoms with van der Waals surface area (Å²) in [7, 11) is -3.09. The van der Waals surface area contributed by atoms with Crippen molar-refractivity contribution in [2.24, 2.45) is 0 Å². The van der Waals surface area contributed by atoms with Gasteiger partial charge in [0.15, 0.2) is 0 Å². The molecule has 0 radical (unpaired) electrons. The van der Waals surface area contributed by atoms with Crippen LogP contribution in [0.25, 0.3) is 21.8 Å².